The maximum atomic E-state index is 11.9. The van der Waals surface area contributed by atoms with E-state index >= 15 is 0 Å². The molecule has 0 amide bonds. The number of hydrogen-bond donors (Lipinski definition) is 2. The maximum Gasteiger partial charge on any atom is 0.303 e. The monoisotopic (exact) mass is 362 g/mol. The fourth-order valence-electron chi connectivity index (χ4n) is 6.29. The molecule has 0 aromatic carbocycles. The smallest absolute Gasteiger partial charge is 0.303 e. The summed E-state index contributed by atoms with van der Waals surface area (Å²) in [4.78, 5) is 11.8. The number of rotatable bonds is 2. The average molecular weight is 363 g/mol. The van der Waals surface area contributed by atoms with Crippen molar-refractivity contribution in [3.05, 3.63) is 24.3 Å². The van der Waals surface area contributed by atoms with E-state index in [-0.39, 0.29) is 22.7 Å². The van der Waals surface area contributed by atoms with Gasteiger partial charge >= 0.3 is 5.97 Å². The minimum absolute atomic E-state index is 0.0992. The number of carbonyl (C=O) groups is 1. The van der Waals surface area contributed by atoms with E-state index in [4.69, 9.17) is 4.74 Å². The van der Waals surface area contributed by atoms with Crippen LogP contribution >= 0.6 is 0 Å². The van der Waals surface area contributed by atoms with E-state index in [1.54, 1.807) is 0 Å². The molecule has 3 aliphatic rings. The second kappa shape index (κ2) is 5.93. The summed E-state index contributed by atoms with van der Waals surface area (Å²) in [6, 6.07) is 0. The van der Waals surface area contributed by atoms with Gasteiger partial charge in [0.2, 0.25) is 0 Å². The molecule has 2 saturated carbocycles. The molecule has 6 atom stereocenters. The Bertz CT molecular complexity index is 651. The Hall–Kier alpha value is -1.13. The van der Waals surface area contributed by atoms with E-state index in [1.165, 1.54) is 6.92 Å². The standard InChI is InChI=1S/C22H34O4/c1-7-20(5)11-12-22(25)15(13-20)16(24)17(26-14(2)23)18-19(3,4)9-8-10-21(18,22)6/h7,13,16-18,24-25H,1,8-12H2,2-6H3/t16-,17+,18-,20-,21-,22+/m0/s1. The van der Waals surface area contributed by atoms with Crippen LogP contribution in [0.1, 0.15) is 66.7 Å². The molecule has 0 unspecified atom stereocenters. The fourth-order valence-corrected chi connectivity index (χ4v) is 6.29. The first kappa shape index (κ1) is 19.6. The van der Waals surface area contributed by atoms with Crippen LogP contribution in [-0.2, 0) is 9.53 Å². The van der Waals surface area contributed by atoms with Gasteiger partial charge in [-0.15, -0.1) is 6.58 Å². The summed E-state index contributed by atoms with van der Waals surface area (Å²) in [5.74, 6) is -0.482. The van der Waals surface area contributed by atoms with Crippen molar-refractivity contribution in [3.63, 3.8) is 0 Å². The Morgan fingerprint density at radius 2 is 1.88 bits per heavy atom. The number of carbonyl (C=O) groups excluding carboxylic acids is 1. The van der Waals surface area contributed by atoms with E-state index in [1.807, 2.05) is 12.2 Å². The Morgan fingerprint density at radius 3 is 2.46 bits per heavy atom. The van der Waals surface area contributed by atoms with Crippen LogP contribution in [0.15, 0.2) is 24.3 Å². The number of aliphatic hydroxyl groups is 2. The van der Waals surface area contributed by atoms with E-state index in [2.05, 4.69) is 34.3 Å². The van der Waals surface area contributed by atoms with Gasteiger partial charge in [0.05, 0.1) is 5.60 Å². The first-order chi connectivity index (χ1) is 11.9. The fraction of sp³-hybridized carbons (Fsp3) is 0.773. The summed E-state index contributed by atoms with van der Waals surface area (Å²) in [6.45, 7) is 13.9. The van der Waals surface area contributed by atoms with Crippen LogP contribution in [0.2, 0.25) is 0 Å². The second-order valence-corrected chi connectivity index (χ2v) is 9.93. The summed E-state index contributed by atoms with van der Waals surface area (Å²) in [5.41, 5.74) is -1.30. The van der Waals surface area contributed by atoms with Gasteiger partial charge in [-0.3, -0.25) is 4.79 Å². The lowest BCUT2D eigenvalue weighted by Crippen LogP contribution is -2.69. The van der Waals surface area contributed by atoms with Gasteiger partial charge in [-0.2, -0.15) is 0 Å². The highest BCUT2D eigenvalue weighted by Gasteiger charge is 2.68. The van der Waals surface area contributed by atoms with Crippen LogP contribution in [0.4, 0.5) is 0 Å². The number of allylic oxidation sites excluding steroid dienone is 2. The molecular formula is C22H34O4. The van der Waals surface area contributed by atoms with Crippen molar-refractivity contribution in [1.29, 1.82) is 0 Å². The topological polar surface area (TPSA) is 66.8 Å². The van der Waals surface area contributed by atoms with Crippen molar-refractivity contribution in [2.75, 3.05) is 0 Å². The van der Waals surface area contributed by atoms with Crippen LogP contribution in [0.25, 0.3) is 0 Å². The third-order valence-electron chi connectivity index (χ3n) is 7.71. The summed E-state index contributed by atoms with van der Waals surface area (Å²) in [5, 5.41) is 23.2. The van der Waals surface area contributed by atoms with E-state index in [9.17, 15) is 15.0 Å². The number of esters is 1. The quantitative estimate of drug-likeness (QED) is 0.580. The van der Waals surface area contributed by atoms with Gasteiger partial charge in [-0.05, 0) is 36.7 Å². The molecule has 2 fully saturated rings. The molecule has 0 saturated heterocycles. The Kier molecular flexibility index (Phi) is 4.48. The molecule has 3 aliphatic carbocycles. The van der Waals surface area contributed by atoms with Crippen molar-refractivity contribution < 1.29 is 19.7 Å². The number of aliphatic hydroxyl groups excluding tert-OH is 1. The SMILES string of the molecule is C=C[C@]1(C)C=C2[C@H](O)[C@@H](OC(C)=O)[C@H]3C(C)(C)CCC[C@]3(C)[C@@]2(O)CC1. The van der Waals surface area contributed by atoms with Gasteiger partial charge in [-0.1, -0.05) is 46.3 Å². The molecular weight excluding hydrogens is 328 g/mol. The molecule has 0 radical (unpaired) electrons. The maximum absolute atomic E-state index is 11.9. The Labute approximate surface area is 157 Å². The van der Waals surface area contributed by atoms with Crippen molar-refractivity contribution in [2.45, 2.75) is 84.5 Å². The van der Waals surface area contributed by atoms with Gasteiger partial charge in [-0.25, -0.2) is 0 Å². The largest absolute Gasteiger partial charge is 0.459 e. The van der Waals surface area contributed by atoms with E-state index in [0.29, 0.717) is 12.0 Å². The lowest BCUT2D eigenvalue weighted by molar-refractivity contribution is -0.233. The Morgan fingerprint density at radius 1 is 1.23 bits per heavy atom. The molecule has 0 aromatic heterocycles. The molecule has 0 aliphatic heterocycles. The van der Waals surface area contributed by atoms with Gasteiger partial charge in [0.25, 0.3) is 0 Å². The molecule has 0 heterocycles. The Balaban J connectivity index is 2.21. The zero-order valence-electron chi connectivity index (χ0n) is 16.8. The minimum Gasteiger partial charge on any atom is -0.459 e. The zero-order valence-corrected chi connectivity index (χ0v) is 16.8. The van der Waals surface area contributed by atoms with Gasteiger partial charge in [0.15, 0.2) is 0 Å². The third-order valence-corrected chi connectivity index (χ3v) is 7.71. The number of ether oxygens (including phenoxy) is 1. The summed E-state index contributed by atoms with van der Waals surface area (Å²) < 4.78 is 5.70. The molecule has 4 nitrogen and oxygen atoms in total. The van der Waals surface area contributed by atoms with Gasteiger partial charge in [0, 0.05) is 23.7 Å². The van der Waals surface area contributed by atoms with Gasteiger partial charge < -0.3 is 14.9 Å². The summed E-state index contributed by atoms with van der Waals surface area (Å²) in [7, 11) is 0. The van der Waals surface area contributed by atoms with Crippen LogP contribution in [-0.4, -0.2) is 34.0 Å². The highest BCUT2D eigenvalue weighted by Crippen LogP contribution is 2.66. The summed E-state index contributed by atoms with van der Waals surface area (Å²) >= 11 is 0. The predicted octanol–water partition coefficient (Wildman–Crippen LogP) is 3.77. The van der Waals surface area contributed by atoms with Crippen LogP contribution < -0.4 is 0 Å². The van der Waals surface area contributed by atoms with Crippen LogP contribution in [0.3, 0.4) is 0 Å². The van der Waals surface area contributed by atoms with E-state index < -0.39 is 23.2 Å². The van der Waals surface area contributed by atoms with Crippen molar-refractivity contribution >= 4 is 5.97 Å². The predicted molar refractivity (Wildman–Crippen MR) is 101 cm³/mol. The van der Waals surface area contributed by atoms with E-state index in [0.717, 1.165) is 25.7 Å². The normalized spacial score (nSPS) is 47.2. The first-order valence-corrected chi connectivity index (χ1v) is 9.85. The van der Waals surface area contributed by atoms with Crippen LogP contribution in [0.5, 0.6) is 0 Å². The zero-order chi connectivity index (χ0) is 19.5. The minimum atomic E-state index is -1.08. The molecule has 0 spiro atoms. The molecule has 146 valence electrons. The lowest BCUT2D eigenvalue weighted by Gasteiger charge is -2.65. The molecule has 2 N–H and O–H groups in total. The molecule has 0 aromatic rings. The average Bonchev–Trinajstić information content (AvgIpc) is 2.53. The van der Waals surface area contributed by atoms with Gasteiger partial charge in [0.1, 0.15) is 12.2 Å². The number of fused-ring (bicyclic) bond motifs is 3. The van der Waals surface area contributed by atoms with Crippen molar-refractivity contribution in [2.24, 2.45) is 22.2 Å². The lowest BCUT2D eigenvalue weighted by atomic mass is 9.42. The molecule has 4 heteroatoms. The third kappa shape index (κ3) is 2.60. The highest BCUT2D eigenvalue weighted by atomic mass is 16.6. The summed E-state index contributed by atoms with van der Waals surface area (Å²) in [6.07, 6.45) is 6.52. The van der Waals surface area contributed by atoms with Crippen molar-refractivity contribution in [3.8, 4) is 0 Å². The molecule has 26 heavy (non-hydrogen) atoms. The van der Waals surface area contributed by atoms with Crippen molar-refractivity contribution in [1.82, 2.24) is 0 Å². The first-order valence-electron chi connectivity index (χ1n) is 9.85. The second-order valence-electron chi connectivity index (χ2n) is 9.93. The molecule has 3 rings (SSSR count). The van der Waals surface area contributed by atoms with Crippen LogP contribution in [0, 0.1) is 22.2 Å². The highest BCUT2D eigenvalue weighted by molar-refractivity contribution is 5.66. The molecule has 0 bridgehead atoms. The number of hydrogen-bond acceptors (Lipinski definition) is 4.